The van der Waals surface area contributed by atoms with Crippen LogP contribution in [0.5, 0.6) is 0 Å². The number of benzene rings is 1. The van der Waals surface area contributed by atoms with E-state index < -0.39 is 10.5 Å². The topological polar surface area (TPSA) is 109 Å². The predicted octanol–water partition coefficient (Wildman–Crippen LogP) is 1.36. The van der Waals surface area contributed by atoms with Crippen LogP contribution in [-0.4, -0.2) is 38.9 Å². The molecule has 0 unspecified atom stereocenters. The normalized spacial score (nSPS) is 11.7. The van der Waals surface area contributed by atoms with Gasteiger partial charge in [0.25, 0.3) is 0 Å². The molecule has 0 atom stereocenters. The van der Waals surface area contributed by atoms with Gasteiger partial charge in [0, 0.05) is 0 Å². The largest absolute Gasteiger partial charge is 0.394 e. The zero-order chi connectivity index (χ0) is 14.0. The number of fused-ring (bicyclic) bond motifs is 1. The van der Waals surface area contributed by atoms with E-state index in [4.69, 9.17) is 0 Å². The first-order chi connectivity index (χ1) is 9.00. The quantitative estimate of drug-likeness (QED) is 0.564. The number of rotatable bonds is 5. The third-order valence-corrected chi connectivity index (χ3v) is 3.59. The molecule has 0 radical (unpaired) electrons. The van der Waals surface area contributed by atoms with Crippen molar-refractivity contribution in [3.05, 3.63) is 27.8 Å². The molecule has 1 aromatic carbocycles. The second-order valence-corrected chi connectivity index (χ2v) is 5.31. The van der Waals surface area contributed by atoms with Gasteiger partial charge in [0.2, 0.25) is 0 Å². The maximum absolute atomic E-state index is 11.2. The Morgan fingerprint density at radius 2 is 2.16 bits per heavy atom. The number of anilines is 1. The van der Waals surface area contributed by atoms with Gasteiger partial charge in [-0.05, 0) is 19.1 Å². The van der Waals surface area contributed by atoms with E-state index in [0.717, 1.165) is 0 Å². The first-order valence-electron chi connectivity index (χ1n) is 5.51. The molecule has 0 saturated carbocycles. The summed E-state index contributed by atoms with van der Waals surface area (Å²) in [6.07, 6.45) is 0. The third kappa shape index (κ3) is 2.50. The van der Waals surface area contributed by atoms with Crippen LogP contribution in [0, 0.1) is 10.1 Å². The van der Waals surface area contributed by atoms with Crippen LogP contribution >= 0.6 is 11.3 Å². The fourth-order valence-electron chi connectivity index (χ4n) is 1.66. The van der Waals surface area contributed by atoms with Crippen molar-refractivity contribution in [1.82, 2.24) is 4.98 Å². The molecule has 7 nitrogen and oxygen atoms in total. The third-order valence-electron chi connectivity index (χ3n) is 2.79. The lowest BCUT2D eigenvalue weighted by Gasteiger charge is -2.27. The van der Waals surface area contributed by atoms with E-state index in [0.29, 0.717) is 10.2 Å². The van der Waals surface area contributed by atoms with Crippen molar-refractivity contribution in [2.75, 3.05) is 18.5 Å². The van der Waals surface area contributed by atoms with Crippen molar-refractivity contribution in [1.29, 1.82) is 0 Å². The summed E-state index contributed by atoms with van der Waals surface area (Å²) in [4.78, 5) is 14.7. The maximum atomic E-state index is 11.2. The Balaban J connectivity index is 2.54. The number of nitro benzene ring substituents is 1. The first-order valence-corrected chi connectivity index (χ1v) is 6.39. The van der Waals surface area contributed by atoms with Crippen LogP contribution in [0.3, 0.4) is 0 Å². The van der Waals surface area contributed by atoms with Gasteiger partial charge in [-0.15, -0.1) is 11.3 Å². The number of nitro groups is 1. The Labute approximate surface area is 112 Å². The number of aromatic nitrogens is 1. The summed E-state index contributed by atoms with van der Waals surface area (Å²) in [5.41, 5.74) is 0.895. The highest BCUT2D eigenvalue weighted by molar-refractivity contribution is 7.16. The number of hydrogen-bond acceptors (Lipinski definition) is 7. The van der Waals surface area contributed by atoms with E-state index in [2.05, 4.69) is 10.3 Å². The van der Waals surface area contributed by atoms with Gasteiger partial charge in [-0.25, -0.2) is 4.98 Å². The van der Waals surface area contributed by atoms with Crippen LogP contribution in [0.25, 0.3) is 10.2 Å². The molecule has 1 aromatic heterocycles. The summed E-state index contributed by atoms with van der Waals surface area (Å²) in [5, 5.41) is 32.5. The molecular weight excluding hydrogens is 270 g/mol. The number of hydrogen-bond donors (Lipinski definition) is 3. The zero-order valence-electron chi connectivity index (χ0n) is 10.2. The average molecular weight is 283 g/mol. The summed E-state index contributed by atoms with van der Waals surface area (Å²) >= 11 is 1.31. The smallest absolute Gasteiger partial charge is 0.319 e. The van der Waals surface area contributed by atoms with E-state index in [1.807, 2.05) is 0 Å². The Bertz CT molecular complexity index is 609. The minimum Gasteiger partial charge on any atom is -0.394 e. The average Bonchev–Trinajstić information content (AvgIpc) is 2.86. The molecule has 0 aliphatic heterocycles. The fraction of sp³-hybridized carbons (Fsp3) is 0.364. The Morgan fingerprint density at radius 1 is 1.47 bits per heavy atom. The SMILES string of the molecule is CC(CO)(CO)Nc1ccc2scnc2c1[N+](=O)[O-]. The second-order valence-electron chi connectivity index (χ2n) is 4.42. The molecule has 19 heavy (non-hydrogen) atoms. The monoisotopic (exact) mass is 283 g/mol. The lowest BCUT2D eigenvalue weighted by Crippen LogP contribution is -2.42. The predicted molar refractivity (Wildman–Crippen MR) is 72.5 cm³/mol. The van der Waals surface area contributed by atoms with Crippen molar-refractivity contribution < 1.29 is 15.1 Å². The summed E-state index contributed by atoms with van der Waals surface area (Å²) in [7, 11) is 0. The van der Waals surface area contributed by atoms with E-state index >= 15 is 0 Å². The summed E-state index contributed by atoms with van der Waals surface area (Å²) in [5.74, 6) is 0. The van der Waals surface area contributed by atoms with Crippen molar-refractivity contribution >= 4 is 32.9 Å². The van der Waals surface area contributed by atoms with Gasteiger partial charge in [-0.2, -0.15) is 0 Å². The number of nitrogens with zero attached hydrogens (tertiary/aromatic N) is 2. The van der Waals surface area contributed by atoms with Crippen LogP contribution < -0.4 is 5.32 Å². The van der Waals surface area contributed by atoms with Crippen molar-refractivity contribution in [2.24, 2.45) is 0 Å². The molecule has 0 amide bonds. The lowest BCUT2D eigenvalue weighted by molar-refractivity contribution is -0.382. The van der Waals surface area contributed by atoms with Gasteiger partial charge in [0.15, 0.2) is 5.52 Å². The van der Waals surface area contributed by atoms with Gasteiger partial charge in [0.1, 0.15) is 5.69 Å². The first kappa shape index (κ1) is 13.7. The molecule has 102 valence electrons. The molecular formula is C11H13N3O4S. The van der Waals surface area contributed by atoms with Crippen LogP contribution in [-0.2, 0) is 0 Å². The van der Waals surface area contributed by atoms with Crippen LogP contribution in [0.15, 0.2) is 17.6 Å². The molecule has 8 heteroatoms. The minimum absolute atomic E-state index is 0.146. The highest BCUT2D eigenvalue weighted by Crippen LogP contribution is 2.35. The summed E-state index contributed by atoms with van der Waals surface area (Å²) in [6.45, 7) is 0.869. The minimum atomic E-state index is -1.03. The van der Waals surface area contributed by atoms with Gasteiger partial charge >= 0.3 is 5.69 Å². The molecule has 0 aliphatic rings. The molecule has 2 aromatic rings. The van der Waals surface area contributed by atoms with E-state index in [1.165, 1.54) is 11.3 Å². The number of nitrogens with one attached hydrogen (secondary N) is 1. The Hall–Kier alpha value is -1.77. The van der Waals surface area contributed by atoms with Crippen LogP contribution in [0.2, 0.25) is 0 Å². The van der Waals surface area contributed by atoms with E-state index in [1.54, 1.807) is 24.6 Å². The summed E-state index contributed by atoms with van der Waals surface area (Å²) in [6, 6.07) is 3.28. The standard InChI is InChI=1S/C11H13N3O4S/c1-11(4-15,5-16)13-7-2-3-8-9(12-6-19-8)10(7)14(17)18/h2-3,6,13,15-16H,4-5H2,1H3. The highest BCUT2D eigenvalue weighted by Gasteiger charge is 2.28. The number of aliphatic hydroxyl groups is 2. The molecule has 0 bridgehead atoms. The lowest BCUT2D eigenvalue weighted by atomic mass is 10.0. The Morgan fingerprint density at radius 3 is 2.74 bits per heavy atom. The molecule has 3 N–H and O–H groups in total. The van der Waals surface area contributed by atoms with Crippen molar-refractivity contribution in [3.63, 3.8) is 0 Å². The van der Waals surface area contributed by atoms with Crippen molar-refractivity contribution in [3.8, 4) is 0 Å². The van der Waals surface area contributed by atoms with E-state index in [-0.39, 0.29) is 24.6 Å². The van der Waals surface area contributed by atoms with Crippen LogP contribution in [0.4, 0.5) is 11.4 Å². The molecule has 1 heterocycles. The molecule has 0 spiro atoms. The summed E-state index contributed by atoms with van der Waals surface area (Å²) < 4.78 is 0.715. The number of thiazole rings is 1. The molecule has 2 rings (SSSR count). The van der Waals surface area contributed by atoms with Gasteiger partial charge in [-0.1, -0.05) is 0 Å². The van der Waals surface area contributed by atoms with Gasteiger partial charge in [0.05, 0.1) is 33.9 Å². The number of aliphatic hydroxyl groups excluding tert-OH is 2. The zero-order valence-corrected chi connectivity index (χ0v) is 11.0. The molecule has 0 fully saturated rings. The van der Waals surface area contributed by atoms with Gasteiger partial charge < -0.3 is 15.5 Å². The van der Waals surface area contributed by atoms with E-state index in [9.17, 15) is 20.3 Å². The van der Waals surface area contributed by atoms with Crippen LogP contribution in [0.1, 0.15) is 6.92 Å². The van der Waals surface area contributed by atoms with Gasteiger partial charge in [-0.3, -0.25) is 10.1 Å². The highest BCUT2D eigenvalue weighted by atomic mass is 32.1. The Kier molecular flexibility index (Phi) is 3.65. The molecule has 0 saturated heterocycles. The molecule has 0 aliphatic carbocycles. The van der Waals surface area contributed by atoms with Crippen molar-refractivity contribution in [2.45, 2.75) is 12.5 Å². The maximum Gasteiger partial charge on any atom is 0.319 e. The second kappa shape index (κ2) is 5.08. The fourth-order valence-corrected chi connectivity index (χ4v) is 2.34.